The van der Waals surface area contributed by atoms with E-state index in [0.717, 1.165) is 66.6 Å². The van der Waals surface area contributed by atoms with Crippen molar-refractivity contribution in [3.63, 3.8) is 0 Å². The normalized spacial score (nSPS) is 22.4. The molecule has 0 saturated carbocycles. The summed E-state index contributed by atoms with van der Waals surface area (Å²) in [5.74, 6) is 2.95. The molecule has 0 bridgehead atoms. The van der Waals surface area contributed by atoms with Gasteiger partial charge in [-0.1, -0.05) is 12.1 Å². The molecule has 0 N–H and O–H groups in total. The van der Waals surface area contributed by atoms with Gasteiger partial charge in [-0.15, -0.1) is 0 Å². The Hall–Kier alpha value is -2.93. The second kappa shape index (κ2) is 8.78. The summed E-state index contributed by atoms with van der Waals surface area (Å²) < 4.78 is 16.2. The maximum atomic E-state index is 6.46. The largest absolute Gasteiger partial charge is 0.495 e. The predicted molar refractivity (Wildman–Crippen MR) is 129 cm³/mol. The molecule has 4 heterocycles. The Bertz CT molecular complexity index is 1160. The predicted octanol–water partition coefficient (Wildman–Crippen LogP) is 5.18. The Balaban J connectivity index is 1.36. The lowest BCUT2D eigenvalue weighted by atomic mass is 9.85. The molecule has 0 spiro atoms. The molecule has 7 heteroatoms. The molecule has 0 radical (unpaired) electrons. The number of imidazole rings is 1. The van der Waals surface area contributed by atoms with Crippen LogP contribution in [0.15, 0.2) is 30.7 Å². The molecule has 1 fully saturated rings. The summed E-state index contributed by atoms with van der Waals surface area (Å²) in [6.07, 6.45) is 13.7. The molecule has 2 unspecified atom stereocenters. The van der Waals surface area contributed by atoms with Crippen molar-refractivity contribution in [1.29, 1.82) is 0 Å². The maximum absolute atomic E-state index is 6.46. The van der Waals surface area contributed by atoms with Crippen molar-refractivity contribution in [2.75, 3.05) is 7.11 Å². The van der Waals surface area contributed by atoms with Gasteiger partial charge in [0.25, 0.3) is 0 Å². The Morgan fingerprint density at radius 3 is 2.82 bits per heavy atom. The highest BCUT2D eigenvalue weighted by Crippen LogP contribution is 2.39. The third kappa shape index (κ3) is 4.60. The number of hydrogen-bond acceptors (Lipinski definition) is 5. The lowest BCUT2D eigenvalue weighted by Gasteiger charge is -2.40. The van der Waals surface area contributed by atoms with E-state index in [1.807, 2.05) is 42.0 Å². The van der Waals surface area contributed by atoms with Crippen molar-refractivity contribution in [2.45, 2.75) is 77.0 Å². The van der Waals surface area contributed by atoms with Gasteiger partial charge in [0, 0.05) is 18.7 Å². The van der Waals surface area contributed by atoms with Gasteiger partial charge < -0.3 is 14.0 Å². The molecule has 33 heavy (non-hydrogen) atoms. The topological polar surface area (TPSA) is 67.0 Å². The zero-order valence-electron chi connectivity index (χ0n) is 20.0. The Morgan fingerprint density at radius 2 is 2.06 bits per heavy atom. The molecule has 5 rings (SSSR count). The van der Waals surface area contributed by atoms with Crippen LogP contribution in [0.4, 0.5) is 0 Å². The number of benzene rings is 1. The van der Waals surface area contributed by atoms with Gasteiger partial charge >= 0.3 is 0 Å². The van der Waals surface area contributed by atoms with Crippen molar-refractivity contribution in [3.8, 4) is 11.4 Å². The van der Waals surface area contributed by atoms with Gasteiger partial charge in [0.1, 0.15) is 11.6 Å². The second-order valence-electron chi connectivity index (χ2n) is 9.80. The molecular formula is C26H33N5O2. The van der Waals surface area contributed by atoms with Crippen LogP contribution in [0, 0.1) is 6.92 Å². The Morgan fingerprint density at radius 1 is 1.18 bits per heavy atom. The summed E-state index contributed by atoms with van der Waals surface area (Å²) in [6.45, 7) is 7.31. The van der Waals surface area contributed by atoms with Crippen molar-refractivity contribution in [2.24, 2.45) is 0 Å². The van der Waals surface area contributed by atoms with Crippen molar-refractivity contribution >= 4 is 12.2 Å². The molecule has 0 amide bonds. The van der Waals surface area contributed by atoms with Crippen molar-refractivity contribution in [1.82, 2.24) is 24.3 Å². The quantitative estimate of drug-likeness (QED) is 0.539. The number of rotatable bonds is 5. The van der Waals surface area contributed by atoms with E-state index in [1.165, 1.54) is 6.42 Å². The molecule has 2 aliphatic rings. The molecule has 174 valence electrons. The second-order valence-corrected chi connectivity index (χ2v) is 9.80. The first kappa shape index (κ1) is 21.9. The minimum absolute atomic E-state index is 0.0470. The number of ether oxygens (including phenoxy) is 2. The van der Waals surface area contributed by atoms with Gasteiger partial charge in [0.15, 0.2) is 5.82 Å². The van der Waals surface area contributed by atoms with E-state index < -0.39 is 0 Å². The smallest absolute Gasteiger partial charge is 0.174 e. The zero-order valence-corrected chi connectivity index (χ0v) is 20.0. The summed E-state index contributed by atoms with van der Waals surface area (Å²) in [7, 11) is 1.69. The van der Waals surface area contributed by atoms with Crippen LogP contribution in [0.2, 0.25) is 0 Å². The molecule has 2 atom stereocenters. The highest BCUT2D eigenvalue weighted by atomic mass is 16.5. The van der Waals surface area contributed by atoms with Crippen molar-refractivity contribution in [3.05, 3.63) is 53.6 Å². The first-order valence-electron chi connectivity index (χ1n) is 11.9. The van der Waals surface area contributed by atoms with E-state index in [9.17, 15) is 0 Å². The average Bonchev–Trinajstić information content (AvgIpc) is 3.42. The molecule has 2 aliphatic heterocycles. The zero-order chi connectivity index (χ0) is 23.0. The van der Waals surface area contributed by atoms with E-state index in [0.29, 0.717) is 5.92 Å². The molecular weight excluding hydrogens is 414 g/mol. The monoisotopic (exact) mass is 447 g/mol. The van der Waals surface area contributed by atoms with Gasteiger partial charge in [0.05, 0.1) is 36.5 Å². The van der Waals surface area contributed by atoms with Gasteiger partial charge in [-0.05, 0) is 76.6 Å². The first-order chi connectivity index (χ1) is 15.9. The molecule has 3 aromatic rings. The van der Waals surface area contributed by atoms with Gasteiger partial charge in [-0.2, -0.15) is 5.10 Å². The SMILES string of the molecule is COc1cc(/C=C/c2nc3n(n2)CCCC3C2CCCC(C)(C)O2)ccc1-n1cnc(C)c1. The summed E-state index contributed by atoms with van der Waals surface area (Å²) >= 11 is 0. The molecule has 0 aliphatic carbocycles. The molecule has 2 aromatic heterocycles. The van der Waals surface area contributed by atoms with Crippen LogP contribution in [-0.4, -0.2) is 43.1 Å². The fourth-order valence-electron chi connectivity index (χ4n) is 5.10. The van der Waals surface area contributed by atoms with Crippen LogP contribution in [-0.2, 0) is 11.3 Å². The third-order valence-electron chi connectivity index (χ3n) is 6.74. The standard InChI is InChI=1S/C26H33N5O2/c1-18-16-30(17-27-18)21-11-9-19(15-23(21)32-4)10-12-24-28-25-20(7-6-14-31(25)29-24)22-8-5-13-26(2,3)33-22/h9-12,15-17,20,22H,5-8,13-14H2,1-4H3/b12-10+. The van der Waals surface area contributed by atoms with E-state index >= 15 is 0 Å². The fraction of sp³-hybridized carbons (Fsp3) is 0.500. The van der Waals surface area contributed by atoms with Crippen LogP contribution in [0.5, 0.6) is 5.75 Å². The Kier molecular flexibility index (Phi) is 5.83. The van der Waals surface area contributed by atoms with Crippen LogP contribution >= 0.6 is 0 Å². The lowest BCUT2D eigenvalue weighted by molar-refractivity contribution is -0.119. The van der Waals surface area contributed by atoms with Gasteiger partial charge in [-0.25, -0.2) is 14.6 Å². The average molecular weight is 448 g/mol. The number of aromatic nitrogens is 5. The van der Waals surface area contributed by atoms with E-state index in [-0.39, 0.29) is 11.7 Å². The van der Waals surface area contributed by atoms with Crippen LogP contribution in [0.1, 0.15) is 74.8 Å². The van der Waals surface area contributed by atoms with Gasteiger partial charge in [-0.3, -0.25) is 0 Å². The van der Waals surface area contributed by atoms with E-state index in [1.54, 1.807) is 13.4 Å². The molecule has 1 saturated heterocycles. The summed E-state index contributed by atoms with van der Waals surface area (Å²) in [5.41, 5.74) is 2.92. The number of methoxy groups -OCH3 is 1. The summed E-state index contributed by atoms with van der Waals surface area (Å²) in [4.78, 5) is 9.23. The maximum Gasteiger partial charge on any atom is 0.174 e. The lowest BCUT2D eigenvalue weighted by Crippen LogP contribution is -2.40. The van der Waals surface area contributed by atoms with Crippen LogP contribution < -0.4 is 4.74 Å². The van der Waals surface area contributed by atoms with Crippen LogP contribution in [0.25, 0.3) is 17.8 Å². The number of aryl methyl sites for hydroxylation is 2. The van der Waals surface area contributed by atoms with E-state index in [4.69, 9.17) is 19.6 Å². The highest BCUT2D eigenvalue weighted by molar-refractivity contribution is 5.69. The molecule has 1 aromatic carbocycles. The number of fused-ring (bicyclic) bond motifs is 1. The minimum atomic E-state index is -0.0470. The Labute approximate surface area is 195 Å². The minimum Gasteiger partial charge on any atom is -0.495 e. The van der Waals surface area contributed by atoms with E-state index in [2.05, 4.69) is 29.6 Å². The highest BCUT2D eigenvalue weighted by Gasteiger charge is 2.37. The summed E-state index contributed by atoms with van der Waals surface area (Å²) in [6, 6.07) is 6.14. The van der Waals surface area contributed by atoms with Crippen LogP contribution in [0.3, 0.4) is 0 Å². The fourth-order valence-corrected chi connectivity index (χ4v) is 5.10. The third-order valence-corrected chi connectivity index (χ3v) is 6.74. The number of hydrogen-bond donors (Lipinski definition) is 0. The first-order valence-corrected chi connectivity index (χ1v) is 11.9. The van der Waals surface area contributed by atoms with Crippen molar-refractivity contribution < 1.29 is 9.47 Å². The number of nitrogens with zero attached hydrogens (tertiary/aromatic N) is 5. The summed E-state index contributed by atoms with van der Waals surface area (Å²) in [5, 5.41) is 4.78. The molecule has 7 nitrogen and oxygen atoms in total. The van der Waals surface area contributed by atoms with Gasteiger partial charge in [0.2, 0.25) is 0 Å².